The number of carbonyl (C=O) groups is 2. The quantitative estimate of drug-likeness (QED) is 0.654. The summed E-state index contributed by atoms with van der Waals surface area (Å²) in [6, 6.07) is 8.43. The number of benzene rings is 1. The zero-order valence-electron chi connectivity index (χ0n) is 15.2. The number of aryl methyl sites for hydroxylation is 2. The van der Waals surface area contributed by atoms with Crippen LogP contribution in [0.1, 0.15) is 26.8 Å². The molecule has 0 aliphatic rings. The first-order valence-electron chi connectivity index (χ1n) is 8.29. The minimum atomic E-state index is -0.403. The number of amides is 2. The molecule has 2 aromatic heterocycles. The van der Waals surface area contributed by atoms with Crippen molar-refractivity contribution >= 4 is 34.8 Å². The van der Waals surface area contributed by atoms with Crippen molar-refractivity contribution in [3.63, 3.8) is 0 Å². The molecule has 0 unspecified atom stereocenters. The molecule has 8 heteroatoms. The van der Waals surface area contributed by atoms with Gasteiger partial charge in [-0.25, -0.2) is 4.98 Å². The average Bonchev–Trinajstić information content (AvgIpc) is 3.18. The van der Waals surface area contributed by atoms with Crippen LogP contribution in [0.4, 0.5) is 0 Å². The highest BCUT2D eigenvalue weighted by molar-refractivity contribution is 7.09. The lowest BCUT2D eigenvalue weighted by Gasteiger charge is -2.11. The smallest absolute Gasteiger partial charge is 0.269 e. The van der Waals surface area contributed by atoms with Crippen LogP contribution < -0.4 is 10.9 Å². The van der Waals surface area contributed by atoms with E-state index in [1.807, 2.05) is 36.8 Å². The summed E-state index contributed by atoms with van der Waals surface area (Å²) in [6.07, 6.45) is 0. The summed E-state index contributed by atoms with van der Waals surface area (Å²) in [5, 5.41) is 3.55. The van der Waals surface area contributed by atoms with E-state index >= 15 is 0 Å². The van der Waals surface area contributed by atoms with Gasteiger partial charge in [0.15, 0.2) is 0 Å². The van der Waals surface area contributed by atoms with E-state index in [0.717, 1.165) is 27.7 Å². The van der Waals surface area contributed by atoms with Crippen LogP contribution in [0.15, 0.2) is 35.7 Å². The van der Waals surface area contributed by atoms with Gasteiger partial charge < -0.3 is 4.57 Å². The molecular weight excluding hydrogens is 384 g/mol. The van der Waals surface area contributed by atoms with Crippen LogP contribution in [-0.4, -0.2) is 21.4 Å². The summed E-state index contributed by atoms with van der Waals surface area (Å²) < 4.78 is 1.90. The lowest BCUT2D eigenvalue weighted by atomic mass is 10.2. The van der Waals surface area contributed by atoms with E-state index < -0.39 is 5.91 Å². The lowest BCUT2D eigenvalue weighted by Crippen LogP contribution is -2.43. The van der Waals surface area contributed by atoms with Gasteiger partial charge in [0.25, 0.3) is 11.8 Å². The zero-order valence-corrected chi connectivity index (χ0v) is 16.7. The van der Waals surface area contributed by atoms with Gasteiger partial charge in [-0.2, -0.15) is 0 Å². The Morgan fingerprint density at radius 1 is 1.15 bits per heavy atom. The second kappa shape index (κ2) is 7.94. The molecular formula is C19H19ClN4O2S. The number of hydrogen-bond acceptors (Lipinski definition) is 4. The molecule has 0 fully saturated rings. The molecule has 0 saturated heterocycles. The maximum absolute atomic E-state index is 12.3. The van der Waals surface area contributed by atoms with E-state index in [1.165, 1.54) is 0 Å². The third-order valence-electron chi connectivity index (χ3n) is 4.19. The maximum atomic E-state index is 12.3. The van der Waals surface area contributed by atoms with E-state index in [1.54, 1.807) is 35.6 Å². The zero-order chi connectivity index (χ0) is 19.6. The number of carbonyl (C=O) groups excluding carboxylic acids is 2. The minimum absolute atomic E-state index is 0.0989. The van der Waals surface area contributed by atoms with Crippen molar-refractivity contribution < 1.29 is 9.59 Å². The molecule has 2 heterocycles. The van der Waals surface area contributed by atoms with Crippen LogP contribution in [0.25, 0.3) is 11.3 Å². The van der Waals surface area contributed by atoms with Crippen molar-refractivity contribution in [3.05, 3.63) is 62.7 Å². The van der Waals surface area contributed by atoms with Crippen LogP contribution in [0.2, 0.25) is 5.02 Å². The summed E-state index contributed by atoms with van der Waals surface area (Å²) in [5.74, 6) is -0.722. The Kier molecular flexibility index (Phi) is 5.62. The van der Waals surface area contributed by atoms with Crippen LogP contribution in [0.5, 0.6) is 0 Å². The van der Waals surface area contributed by atoms with Crippen molar-refractivity contribution in [2.75, 3.05) is 0 Å². The van der Waals surface area contributed by atoms with Crippen LogP contribution in [0.3, 0.4) is 0 Å². The largest absolute Gasteiger partial charge is 0.339 e. The van der Waals surface area contributed by atoms with E-state index in [0.29, 0.717) is 10.6 Å². The molecule has 0 aliphatic carbocycles. The molecule has 0 radical (unpaired) electrons. The van der Waals surface area contributed by atoms with E-state index in [9.17, 15) is 9.59 Å². The van der Waals surface area contributed by atoms with Gasteiger partial charge in [-0.05, 0) is 51.1 Å². The number of hydrogen-bond donors (Lipinski definition) is 2. The van der Waals surface area contributed by atoms with Crippen LogP contribution in [0, 0.1) is 20.8 Å². The Hall–Kier alpha value is -2.64. The van der Waals surface area contributed by atoms with Gasteiger partial charge in [0, 0.05) is 32.9 Å². The maximum Gasteiger partial charge on any atom is 0.269 e. The Balaban J connectivity index is 1.65. The summed E-state index contributed by atoms with van der Waals surface area (Å²) in [5.41, 5.74) is 9.10. The number of rotatable bonds is 4. The fraction of sp³-hybridized carbons (Fsp3) is 0.211. The highest BCUT2D eigenvalue weighted by Gasteiger charge is 2.15. The topological polar surface area (TPSA) is 76.0 Å². The first kappa shape index (κ1) is 19.1. The second-order valence-corrected chi connectivity index (χ2v) is 7.63. The molecule has 2 N–H and O–H groups in total. The molecule has 0 bridgehead atoms. The number of hydrazine groups is 1. The lowest BCUT2D eigenvalue weighted by molar-refractivity contribution is -0.122. The van der Waals surface area contributed by atoms with Gasteiger partial charge in [0.2, 0.25) is 0 Å². The molecule has 140 valence electrons. The second-order valence-electron chi connectivity index (χ2n) is 6.13. The third kappa shape index (κ3) is 4.37. The molecule has 27 heavy (non-hydrogen) atoms. The van der Waals surface area contributed by atoms with Gasteiger partial charge in [-0.3, -0.25) is 20.4 Å². The minimum Gasteiger partial charge on any atom is -0.339 e. The van der Waals surface area contributed by atoms with Gasteiger partial charge >= 0.3 is 0 Å². The number of nitrogens with one attached hydrogen (secondary N) is 2. The van der Waals surface area contributed by atoms with Crippen LogP contribution in [-0.2, 0) is 11.3 Å². The Bertz CT molecular complexity index is 992. The SMILES string of the molecule is Cc1nc(-c2cc(C)n(CC(=O)NNC(=O)c3ccc(Cl)cc3)c2C)cs1. The van der Waals surface area contributed by atoms with E-state index in [4.69, 9.17) is 11.6 Å². The summed E-state index contributed by atoms with van der Waals surface area (Å²) >= 11 is 7.39. The number of nitrogens with zero attached hydrogens (tertiary/aromatic N) is 2. The summed E-state index contributed by atoms with van der Waals surface area (Å²) in [6.45, 7) is 5.96. The summed E-state index contributed by atoms with van der Waals surface area (Å²) in [4.78, 5) is 28.8. The highest BCUT2D eigenvalue weighted by atomic mass is 35.5. The fourth-order valence-corrected chi connectivity index (χ4v) is 3.51. The monoisotopic (exact) mass is 402 g/mol. The fourth-order valence-electron chi connectivity index (χ4n) is 2.77. The molecule has 0 saturated carbocycles. The first-order valence-corrected chi connectivity index (χ1v) is 9.55. The molecule has 1 aromatic carbocycles. The molecule has 0 spiro atoms. The average molecular weight is 403 g/mol. The molecule has 2 amide bonds. The Morgan fingerprint density at radius 3 is 2.48 bits per heavy atom. The van der Waals surface area contributed by atoms with Crippen molar-refractivity contribution in [1.29, 1.82) is 0 Å². The molecule has 3 rings (SSSR count). The number of thiazole rings is 1. The summed E-state index contributed by atoms with van der Waals surface area (Å²) in [7, 11) is 0. The van der Waals surface area contributed by atoms with Crippen molar-refractivity contribution in [1.82, 2.24) is 20.4 Å². The number of halogens is 1. The van der Waals surface area contributed by atoms with E-state index in [2.05, 4.69) is 15.8 Å². The Morgan fingerprint density at radius 2 is 1.85 bits per heavy atom. The highest BCUT2D eigenvalue weighted by Crippen LogP contribution is 2.27. The van der Waals surface area contributed by atoms with Crippen molar-refractivity contribution in [3.8, 4) is 11.3 Å². The van der Waals surface area contributed by atoms with Gasteiger partial charge in [-0.1, -0.05) is 11.6 Å². The molecule has 6 nitrogen and oxygen atoms in total. The van der Waals surface area contributed by atoms with Gasteiger partial charge in [0.1, 0.15) is 6.54 Å². The van der Waals surface area contributed by atoms with E-state index in [-0.39, 0.29) is 12.5 Å². The first-order chi connectivity index (χ1) is 12.8. The van der Waals surface area contributed by atoms with Crippen LogP contribution >= 0.6 is 22.9 Å². The van der Waals surface area contributed by atoms with Crippen molar-refractivity contribution in [2.45, 2.75) is 27.3 Å². The number of aromatic nitrogens is 2. The predicted octanol–water partition coefficient (Wildman–Crippen LogP) is 3.65. The van der Waals surface area contributed by atoms with Gasteiger partial charge in [0.05, 0.1) is 10.7 Å². The van der Waals surface area contributed by atoms with Crippen molar-refractivity contribution in [2.24, 2.45) is 0 Å². The molecule has 0 aliphatic heterocycles. The Labute approximate surface area is 166 Å². The molecule has 3 aromatic rings. The van der Waals surface area contributed by atoms with Gasteiger partial charge in [-0.15, -0.1) is 11.3 Å². The third-order valence-corrected chi connectivity index (χ3v) is 5.22. The molecule has 0 atom stereocenters. The normalized spacial score (nSPS) is 10.7. The predicted molar refractivity (Wildman–Crippen MR) is 107 cm³/mol. The standard InChI is InChI=1S/C19H19ClN4O2S/c1-11-8-16(17-10-27-13(3)21-17)12(2)24(11)9-18(25)22-23-19(26)14-4-6-15(20)7-5-14/h4-8,10H,9H2,1-3H3,(H,22,25)(H,23,26).